The average molecular weight is 361 g/mol. The summed E-state index contributed by atoms with van der Waals surface area (Å²) in [5.74, 6) is -2.38. The first kappa shape index (κ1) is 15.7. The van der Waals surface area contributed by atoms with Crippen LogP contribution in [0.5, 0.6) is 0 Å². The standard InChI is InChI=1S/C13H14BrFN2O4/c1-17(11-6-21-5-8(11)12(18)19)13(20)16-10-3-2-7(14)4-9(10)15/h2-4,8,11H,5-6H2,1H3,(H,16,20)(H,18,19). The summed E-state index contributed by atoms with van der Waals surface area (Å²) in [5.41, 5.74) is 0.0286. The Bertz CT molecular complexity index is 569. The fraction of sp³-hybridized carbons (Fsp3) is 0.385. The first-order valence-electron chi connectivity index (χ1n) is 6.19. The molecule has 2 amide bonds. The highest BCUT2D eigenvalue weighted by atomic mass is 79.9. The second kappa shape index (κ2) is 6.40. The lowest BCUT2D eigenvalue weighted by Crippen LogP contribution is -2.46. The Kier molecular flexibility index (Phi) is 4.79. The molecule has 1 aliphatic heterocycles. The lowest BCUT2D eigenvalue weighted by molar-refractivity contribution is -0.142. The van der Waals surface area contributed by atoms with E-state index in [1.807, 2.05) is 0 Å². The number of benzene rings is 1. The van der Waals surface area contributed by atoms with Gasteiger partial charge >= 0.3 is 12.0 Å². The molecule has 1 aromatic carbocycles. The first-order valence-corrected chi connectivity index (χ1v) is 6.99. The SMILES string of the molecule is CN(C(=O)Nc1ccc(Br)cc1F)C1COCC1C(=O)O. The molecule has 8 heteroatoms. The third-order valence-corrected chi connectivity index (χ3v) is 3.85. The molecule has 1 aromatic rings. The van der Waals surface area contributed by atoms with E-state index in [4.69, 9.17) is 9.84 Å². The van der Waals surface area contributed by atoms with Gasteiger partial charge in [-0.15, -0.1) is 0 Å². The number of carboxylic acids is 1. The molecule has 1 heterocycles. The van der Waals surface area contributed by atoms with Crippen LogP contribution < -0.4 is 5.32 Å². The number of urea groups is 1. The molecule has 0 aliphatic carbocycles. The zero-order chi connectivity index (χ0) is 15.6. The summed E-state index contributed by atoms with van der Waals surface area (Å²) in [4.78, 5) is 24.4. The van der Waals surface area contributed by atoms with Gasteiger partial charge < -0.3 is 20.1 Å². The second-order valence-corrected chi connectivity index (χ2v) is 5.63. The van der Waals surface area contributed by atoms with Gasteiger partial charge in [0.05, 0.1) is 24.9 Å². The van der Waals surface area contributed by atoms with Crippen molar-refractivity contribution in [1.29, 1.82) is 0 Å². The highest BCUT2D eigenvalue weighted by molar-refractivity contribution is 9.10. The van der Waals surface area contributed by atoms with Gasteiger partial charge in [0, 0.05) is 11.5 Å². The van der Waals surface area contributed by atoms with Crippen LogP contribution in [0.15, 0.2) is 22.7 Å². The van der Waals surface area contributed by atoms with Crippen molar-refractivity contribution in [2.75, 3.05) is 25.6 Å². The summed E-state index contributed by atoms with van der Waals surface area (Å²) in [5, 5.41) is 11.5. The Morgan fingerprint density at radius 3 is 2.81 bits per heavy atom. The van der Waals surface area contributed by atoms with Gasteiger partial charge in [-0.25, -0.2) is 9.18 Å². The third kappa shape index (κ3) is 3.51. The monoisotopic (exact) mass is 360 g/mol. The second-order valence-electron chi connectivity index (χ2n) is 4.71. The minimum absolute atomic E-state index is 0.0286. The number of likely N-dealkylation sites (N-methyl/N-ethyl adjacent to an activating group) is 1. The van der Waals surface area contributed by atoms with Crippen LogP contribution in [0.25, 0.3) is 0 Å². The zero-order valence-electron chi connectivity index (χ0n) is 11.2. The number of halogens is 2. The highest BCUT2D eigenvalue weighted by Gasteiger charge is 2.38. The van der Waals surface area contributed by atoms with E-state index in [1.165, 1.54) is 24.1 Å². The van der Waals surface area contributed by atoms with E-state index >= 15 is 0 Å². The van der Waals surface area contributed by atoms with Crippen molar-refractivity contribution in [2.24, 2.45) is 5.92 Å². The Morgan fingerprint density at radius 2 is 2.19 bits per heavy atom. The van der Waals surface area contributed by atoms with E-state index in [-0.39, 0.29) is 18.9 Å². The number of hydrogen-bond donors (Lipinski definition) is 2. The predicted octanol–water partition coefficient (Wildman–Crippen LogP) is 2.15. The van der Waals surface area contributed by atoms with Crippen molar-refractivity contribution in [3.8, 4) is 0 Å². The smallest absolute Gasteiger partial charge is 0.322 e. The van der Waals surface area contributed by atoms with Crippen LogP contribution in [0, 0.1) is 11.7 Å². The summed E-state index contributed by atoms with van der Waals surface area (Å²) in [7, 11) is 1.46. The van der Waals surface area contributed by atoms with E-state index in [2.05, 4.69) is 21.2 Å². The van der Waals surface area contributed by atoms with Gasteiger partial charge in [0.1, 0.15) is 11.7 Å². The maximum atomic E-state index is 13.7. The number of aliphatic carboxylic acids is 1. The molecule has 2 atom stereocenters. The fourth-order valence-corrected chi connectivity index (χ4v) is 2.44. The fourth-order valence-electron chi connectivity index (χ4n) is 2.11. The van der Waals surface area contributed by atoms with Crippen molar-refractivity contribution < 1.29 is 23.8 Å². The van der Waals surface area contributed by atoms with Gasteiger partial charge in [0.25, 0.3) is 0 Å². The molecule has 1 saturated heterocycles. The Hall–Kier alpha value is -1.67. The molecule has 0 radical (unpaired) electrons. The number of carboxylic acid groups (broad SMARTS) is 1. The van der Waals surface area contributed by atoms with Gasteiger partial charge in [0.15, 0.2) is 0 Å². The molecule has 2 rings (SSSR count). The lowest BCUT2D eigenvalue weighted by Gasteiger charge is -2.26. The molecule has 114 valence electrons. The lowest BCUT2D eigenvalue weighted by atomic mass is 10.0. The van der Waals surface area contributed by atoms with Gasteiger partial charge in [0.2, 0.25) is 0 Å². The maximum Gasteiger partial charge on any atom is 0.322 e. The van der Waals surface area contributed by atoms with E-state index in [9.17, 15) is 14.0 Å². The summed E-state index contributed by atoms with van der Waals surface area (Å²) in [6.07, 6.45) is 0. The van der Waals surface area contributed by atoms with Crippen LogP contribution in [0.1, 0.15) is 0 Å². The molecule has 1 aliphatic rings. The quantitative estimate of drug-likeness (QED) is 0.865. The van der Waals surface area contributed by atoms with Crippen LogP contribution in [0.4, 0.5) is 14.9 Å². The number of nitrogens with zero attached hydrogens (tertiary/aromatic N) is 1. The molecule has 0 bridgehead atoms. The molecule has 0 saturated carbocycles. The van der Waals surface area contributed by atoms with Crippen LogP contribution >= 0.6 is 15.9 Å². The number of nitrogens with one attached hydrogen (secondary N) is 1. The summed E-state index contributed by atoms with van der Waals surface area (Å²) >= 11 is 3.12. The summed E-state index contributed by atoms with van der Waals surface area (Å²) in [6.45, 7) is 0.202. The van der Waals surface area contributed by atoms with Gasteiger partial charge in [-0.2, -0.15) is 0 Å². The number of amides is 2. The largest absolute Gasteiger partial charge is 0.481 e. The van der Waals surface area contributed by atoms with Crippen LogP contribution in [0.3, 0.4) is 0 Å². The molecular formula is C13H14BrFN2O4. The molecular weight excluding hydrogens is 347 g/mol. The Balaban J connectivity index is 2.07. The highest BCUT2D eigenvalue weighted by Crippen LogP contribution is 2.22. The molecule has 6 nitrogen and oxygen atoms in total. The third-order valence-electron chi connectivity index (χ3n) is 3.36. The minimum atomic E-state index is -1.02. The minimum Gasteiger partial charge on any atom is -0.481 e. The molecule has 21 heavy (non-hydrogen) atoms. The van der Waals surface area contributed by atoms with Crippen molar-refractivity contribution >= 4 is 33.6 Å². The number of ether oxygens (including phenoxy) is 1. The van der Waals surface area contributed by atoms with Crippen molar-refractivity contribution in [3.63, 3.8) is 0 Å². The summed E-state index contributed by atoms with van der Waals surface area (Å²) < 4.78 is 19.3. The molecule has 0 spiro atoms. The van der Waals surface area contributed by atoms with E-state index in [1.54, 1.807) is 6.07 Å². The van der Waals surface area contributed by atoms with Gasteiger partial charge in [-0.1, -0.05) is 15.9 Å². The van der Waals surface area contributed by atoms with Crippen LogP contribution in [0.2, 0.25) is 0 Å². The number of carbonyl (C=O) groups excluding carboxylic acids is 1. The summed E-state index contributed by atoms with van der Waals surface area (Å²) in [6, 6.07) is 3.08. The number of rotatable bonds is 3. The van der Waals surface area contributed by atoms with Crippen molar-refractivity contribution in [1.82, 2.24) is 4.90 Å². The molecule has 2 unspecified atom stereocenters. The van der Waals surface area contributed by atoms with E-state index < -0.39 is 29.8 Å². The molecule has 2 N–H and O–H groups in total. The maximum absolute atomic E-state index is 13.7. The Morgan fingerprint density at radius 1 is 1.48 bits per heavy atom. The predicted molar refractivity (Wildman–Crippen MR) is 76.6 cm³/mol. The van der Waals surface area contributed by atoms with Gasteiger partial charge in [-0.3, -0.25) is 4.79 Å². The molecule has 0 aromatic heterocycles. The van der Waals surface area contributed by atoms with Crippen LogP contribution in [-0.2, 0) is 9.53 Å². The first-order chi connectivity index (χ1) is 9.90. The van der Waals surface area contributed by atoms with Crippen LogP contribution in [-0.4, -0.2) is 48.3 Å². The number of carbonyl (C=O) groups is 2. The zero-order valence-corrected chi connectivity index (χ0v) is 12.8. The van der Waals surface area contributed by atoms with E-state index in [0.717, 1.165) is 0 Å². The molecule has 1 fully saturated rings. The Labute approximate surface area is 129 Å². The van der Waals surface area contributed by atoms with Crippen molar-refractivity contribution in [3.05, 3.63) is 28.5 Å². The number of anilines is 1. The average Bonchev–Trinajstić information content (AvgIpc) is 2.90. The normalized spacial score (nSPS) is 21.1. The number of hydrogen-bond acceptors (Lipinski definition) is 3. The topological polar surface area (TPSA) is 78.9 Å². The van der Waals surface area contributed by atoms with Crippen molar-refractivity contribution in [2.45, 2.75) is 6.04 Å². The van der Waals surface area contributed by atoms with E-state index in [0.29, 0.717) is 4.47 Å². The van der Waals surface area contributed by atoms with Gasteiger partial charge in [-0.05, 0) is 18.2 Å².